The standard InChI is InChI=1S/Hf.H4Si.Ta.Ti/h;1H4;;. The molecule has 0 heterocycles. The van der Waals surface area contributed by atoms with E-state index >= 15 is 0 Å². The molecule has 0 aromatic heterocycles. The Bertz CT molecular complexity index is 8.00. The molecule has 1 radical (unpaired) electrons. The van der Waals surface area contributed by atoms with Crippen LogP contribution in [0.25, 0.3) is 0 Å². The summed E-state index contributed by atoms with van der Waals surface area (Å²) in [4.78, 5) is 0. The first kappa shape index (κ1) is 31.1. The quantitative estimate of drug-likeness (QED) is 0.405. The zero-order valence-corrected chi connectivity index (χ0v) is 9.81. The average molecular weight is 439 g/mol. The second kappa shape index (κ2) is 17.7. The van der Waals surface area contributed by atoms with Gasteiger partial charge in [-0.2, -0.15) is 0 Å². The summed E-state index contributed by atoms with van der Waals surface area (Å²) in [6, 6.07) is 0. The molecule has 0 aromatic carbocycles. The maximum atomic E-state index is 0. The van der Waals surface area contributed by atoms with Gasteiger partial charge in [0.05, 0.1) is 0 Å². The molecular weight excluding hydrogens is 435 g/mol. The molecule has 0 atom stereocenters. The second-order valence-corrected chi connectivity index (χ2v) is 0. The van der Waals surface area contributed by atoms with Crippen molar-refractivity contribution in [1.29, 1.82) is 0 Å². The Balaban J connectivity index is 0. The van der Waals surface area contributed by atoms with Gasteiger partial charge < -0.3 is 0 Å². The van der Waals surface area contributed by atoms with Gasteiger partial charge in [0.1, 0.15) is 0 Å². The van der Waals surface area contributed by atoms with Crippen molar-refractivity contribution in [1.82, 2.24) is 0 Å². The van der Waals surface area contributed by atoms with Crippen molar-refractivity contribution in [2.75, 3.05) is 0 Å². The van der Waals surface area contributed by atoms with E-state index in [4.69, 9.17) is 0 Å². The van der Waals surface area contributed by atoms with Crippen molar-refractivity contribution < 1.29 is 69.9 Å². The third kappa shape index (κ3) is 8.82. The summed E-state index contributed by atoms with van der Waals surface area (Å²) in [5.74, 6) is 0. The van der Waals surface area contributed by atoms with Crippen LogP contribution in [0.1, 0.15) is 0 Å². The molecule has 4 heavy (non-hydrogen) atoms. The van der Waals surface area contributed by atoms with Gasteiger partial charge in [0.2, 0.25) is 0 Å². The molecule has 0 rings (SSSR count). The van der Waals surface area contributed by atoms with Crippen LogP contribution in [0, 0.1) is 0 Å². The summed E-state index contributed by atoms with van der Waals surface area (Å²) < 4.78 is 0. The van der Waals surface area contributed by atoms with Crippen LogP contribution in [0.2, 0.25) is 0 Å². The van der Waals surface area contributed by atoms with E-state index < -0.39 is 0 Å². The molecule has 0 N–H and O–H groups in total. The first-order valence-corrected chi connectivity index (χ1v) is 0. The van der Waals surface area contributed by atoms with Crippen LogP contribution in [0.5, 0.6) is 0 Å². The average Bonchev–Trinajstić information content (AvgIpc) is 0. The Morgan fingerprint density at radius 3 is 1.00 bits per heavy atom. The maximum absolute atomic E-state index is 0. The molecule has 0 aromatic rings. The molecule has 0 aliphatic rings. The molecule has 4 heteroatoms. The third-order valence-electron chi connectivity index (χ3n) is 0. The molecule has 0 nitrogen and oxygen atoms in total. The van der Waals surface area contributed by atoms with Gasteiger partial charge in [0.15, 0.2) is 0 Å². The van der Waals surface area contributed by atoms with E-state index in [2.05, 4.69) is 0 Å². The number of hydrogen-bond donors (Lipinski definition) is 0. The third-order valence-corrected chi connectivity index (χ3v) is 0. The van der Waals surface area contributed by atoms with Crippen molar-refractivity contribution >= 4 is 11.0 Å². The van der Waals surface area contributed by atoms with E-state index in [1.165, 1.54) is 0 Å². The van der Waals surface area contributed by atoms with Crippen LogP contribution >= 0.6 is 0 Å². The largest absolute Gasteiger partial charge is 0.0149 e. The molecule has 0 fully saturated rings. The minimum Gasteiger partial charge on any atom is -0.0149 e. The molecule has 0 spiro atoms. The number of rotatable bonds is 0. The molecule has 21 valence electrons. The monoisotopic (exact) mass is 441 g/mol. The van der Waals surface area contributed by atoms with Crippen LogP contribution in [0.4, 0.5) is 0 Å². The Hall–Kier alpha value is 2.54. The molecule has 0 aliphatic carbocycles. The summed E-state index contributed by atoms with van der Waals surface area (Å²) in [5.41, 5.74) is 0. The maximum Gasteiger partial charge on any atom is 0 e. The van der Waals surface area contributed by atoms with Crippen molar-refractivity contribution in [2.45, 2.75) is 0 Å². The van der Waals surface area contributed by atoms with Crippen LogP contribution < -0.4 is 0 Å². The Kier molecular flexibility index (Phi) is 138. The van der Waals surface area contributed by atoms with Gasteiger partial charge in [-0.3, -0.25) is 0 Å². The van der Waals surface area contributed by atoms with Crippen LogP contribution in [0.15, 0.2) is 0 Å². The summed E-state index contributed by atoms with van der Waals surface area (Å²) in [5, 5.41) is 0. The van der Waals surface area contributed by atoms with E-state index in [1.807, 2.05) is 0 Å². The van der Waals surface area contributed by atoms with E-state index in [0.717, 1.165) is 0 Å². The SMILES string of the molecule is [Hf].[SiH4].[Ta].[Ti]. The van der Waals surface area contributed by atoms with Crippen molar-refractivity contribution in [3.05, 3.63) is 0 Å². The van der Waals surface area contributed by atoms with Crippen LogP contribution in [0.3, 0.4) is 0 Å². The number of hydrogen-bond acceptors (Lipinski definition) is 0. The normalized spacial score (nSPS) is 0. The zero-order chi connectivity index (χ0) is 0. The van der Waals surface area contributed by atoms with Gasteiger partial charge in [0, 0.05) is 69.9 Å². The fourth-order valence-electron chi connectivity index (χ4n) is 0. The van der Waals surface area contributed by atoms with Crippen molar-refractivity contribution in [3.8, 4) is 0 Å². The van der Waals surface area contributed by atoms with Crippen molar-refractivity contribution in [3.63, 3.8) is 0 Å². The Morgan fingerprint density at radius 2 is 1.00 bits per heavy atom. The summed E-state index contributed by atoms with van der Waals surface area (Å²) in [7, 11) is 0. The molecular formula is H4HfSiTaTi. The minimum atomic E-state index is 0. The van der Waals surface area contributed by atoms with E-state index in [9.17, 15) is 0 Å². The fraction of sp³-hybridized carbons (Fsp3) is 0. The van der Waals surface area contributed by atoms with Crippen LogP contribution in [-0.2, 0) is 69.9 Å². The molecule has 0 amide bonds. The van der Waals surface area contributed by atoms with Crippen LogP contribution in [-0.4, -0.2) is 11.0 Å². The predicted octanol–water partition coefficient (Wildman–Crippen LogP) is -1.46. The van der Waals surface area contributed by atoms with E-state index in [-0.39, 0.29) is 80.9 Å². The van der Waals surface area contributed by atoms with Gasteiger partial charge in [-0.05, 0) is 11.0 Å². The first-order valence-electron chi connectivity index (χ1n) is 0. The molecule has 0 bridgehead atoms. The predicted molar refractivity (Wildman–Crippen MR) is 11.3 cm³/mol. The van der Waals surface area contributed by atoms with E-state index in [0.29, 0.717) is 0 Å². The summed E-state index contributed by atoms with van der Waals surface area (Å²) in [6.07, 6.45) is 0. The molecule has 0 saturated heterocycles. The summed E-state index contributed by atoms with van der Waals surface area (Å²) >= 11 is 0. The first-order chi connectivity index (χ1) is 0. The molecule has 0 saturated carbocycles. The van der Waals surface area contributed by atoms with Crippen molar-refractivity contribution in [2.24, 2.45) is 0 Å². The topological polar surface area (TPSA) is 0 Å². The Labute approximate surface area is 79.7 Å². The van der Waals surface area contributed by atoms with Gasteiger partial charge in [-0.15, -0.1) is 0 Å². The Morgan fingerprint density at radius 1 is 1.00 bits per heavy atom. The van der Waals surface area contributed by atoms with Gasteiger partial charge in [0.25, 0.3) is 0 Å². The van der Waals surface area contributed by atoms with Gasteiger partial charge in [-0.25, -0.2) is 0 Å². The van der Waals surface area contributed by atoms with E-state index in [1.54, 1.807) is 0 Å². The van der Waals surface area contributed by atoms with Gasteiger partial charge >= 0.3 is 0 Å². The second-order valence-electron chi connectivity index (χ2n) is 0. The fourth-order valence-corrected chi connectivity index (χ4v) is 0. The zero-order valence-electron chi connectivity index (χ0n) is 1.45. The molecule has 0 aliphatic heterocycles. The molecule has 0 unspecified atom stereocenters. The minimum absolute atomic E-state index is 0. The van der Waals surface area contributed by atoms with Gasteiger partial charge in [-0.1, -0.05) is 0 Å². The summed E-state index contributed by atoms with van der Waals surface area (Å²) in [6.45, 7) is 0. The smallest absolute Gasteiger partial charge is 0 e.